The van der Waals surface area contributed by atoms with Gasteiger partial charge in [0.2, 0.25) is 11.8 Å². The number of hydrogen-bond donors (Lipinski definition) is 1. The number of nitrogens with zero attached hydrogens (tertiary/aromatic N) is 1. The highest BCUT2D eigenvalue weighted by Gasteiger charge is 2.22. The molecular weight excluding hydrogens is 388 g/mol. The molecule has 0 bridgehead atoms. The van der Waals surface area contributed by atoms with Gasteiger partial charge in [0.05, 0.1) is 11.4 Å². The second-order valence-corrected chi connectivity index (χ2v) is 9.28. The van der Waals surface area contributed by atoms with Crippen molar-refractivity contribution in [1.29, 1.82) is 0 Å². The lowest BCUT2D eigenvalue weighted by atomic mass is 10.1. The molecule has 0 aliphatic heterocycles. The molecule has 1 N–H and O–H groups in total. The van der Waals surface area contributed by atoms with E-state index in [9.17, 15) is 13.2 Å². The maximum atomic E-state index is 12.6. The maximum absolute atomic E-state index is 12.6. The summed E-state index contributed by atoms with van der Waals surface area (Å²) in [7, 11) is -3.71. The Labute approximate surface area is 170 Å². The van der Waals surface area contributed by atoms with Gasteiger partial charge in [-0.3, -0.25) is 4.79 Å². The minimum Gasteiger partial charge on any atom is -0.441 e. The highest BCUT2D eigenvalue weighted by atomic mass is 32.2. The van der Waals surface area contributed by atoms with Crippen molar-refractivity contribution in [2.45, 2.75) is 33.4 Å². The Morgan fingerprint density at radius 1 is 1.03 bits per heavy atom. The molecule has 0 fully saturated rings. The molecule has 152 valence electrons. The van der Waals surface area contributed by atoms with Crippen LogP contribution < -0.4 is 5.32 Å². The van der Waals surface area contributed by atoms with Gasteiger partial charge in [0, 0.05) is 11.3 Å². The van der Waals surface area contributed by atoms with E-state index >= 15 is 0 Å². The zero-order valence-electron chi connectivity index (χ0n) is 16.9. The molecule has 0 spiro atoms. The van der Waals surface area contributed by atoms with Gasteiger partial charge in [-0.1, -0.05) is 29.8 Å². The van der Waals surface area contributed by atoms with Crippen molar-refractivity contribution in [3.8, 4) is 11.5 Å². The summed E-state index contributed by atoms with van der Waals surface area (Å²) >= 11 is 0. The van der Waals surface area contributed by atoms with E-state index in [1.54, 1.807) is 13.0 Å². The van der Waals surface area contributed by atoms with E-state index in [4.69, 9.17) is 4.42 Å². The molecule has 3 rings (SSSR count). The second kappa shape index (κ2) is 8.21. The predicted molar refractivity (Wildman–Crippen MR) is 113 cm³/mol. The van der Waals surface area contributed by atoms with E-state index in [1.807, 2.05) is 57.2 Å². The second-order valence-electron chi connectivity index (χ2n) is 7.22. The Hall–Kier alpha value is -2.93. The molecule has 0 saturated heterocycles. The number of aromatic nitrogens is 1. The number of rotatable bonds is 6. The molecule has 1 heterocycles. The Balaban J connectivity index is 1.71. The molecule has 0 radical (unpaired) electrons. The van der Waals surface area contributed by atoms with Crippen LogP contribution in [0, 0.1) is 27.7 Å². The lowest BCUT2D eigenvalue weighted by molar-refractivity contribution is -0.113. The van der Waals surface area contributed by atoms with Crippen LogP contribution in [0.3, 0.4) is 0 Å². The monoisotopic (exact) mass is 412 g/mol. The largest absolute Gasteiger partial charge is 0.441 e. The molecule has 0 atom stereocenters. The van der Waals surface area contributed by atoms with E-state index in [0.717, 1.165) is 22.3 Å². The zero-order valence-corrected chi connectivity index (χ0v) is 17.8. The van der Waals surface area contributed by atoms with E-state index in [2.05, 4.69) is 10.3 Å². The Morgan fingerprint density at radius 2 is 1.72 bits per heavy atom. The van der Waals surface area contributed by atoms with Gasteiger partial charge >= 0.3 is 0 Å². The molecule has 2 aromatic carbocycles. The first-order chi connectivity index (χ1) is 13.6. The number of sulfone groups is 1. The van der Waals surface area contributed by atoms with Gasteiger partial charge in [-0.25, -0.2) is 13.4 Å². The van der Waals surface area contributed by atoms with Crippen molar-refractivity contribution in [2.75, 3.05) is 11.1 Å². The molecule has 29 heavy (non-hydrogen) atoms. The third kappa shape index (κ3) is 5.12. The van der Waals surface area contributed by atoms with Gasteiger partial charge < -0.3 is 9.73 Å². The molecule has 1 amide bonds. The van der Waals surface area contributed by atoms with Gasteiger partial charge in [0.25, 0.3) is 0 Å². The summed E-state index contributed by atoms with van der Waals surface area (Å²) in [6.07, 6.45) is 0. The fourth-order valence-corrected chi connectivity index (χ4v) is 4.17. The van der Waals surface area contributed by atoms with Crippen molar-refractivity contribution in [1.82, 2.24) is 4.98 Å². The molecule has 6 nitrogen and oxygen atoms in total. The third-order valence-electron chi connectivity index (χ3n) is 4.78. The summed E-state index contributed by atoms with van der Waals surface area (Å²) in [5.74, 6) is -0.744. The fourth-order valence-electron chi connectivity index (χ4n) is 2.91. The van der Waals surface area contributed by atoms with E-state index in [-0.39, 0.29) is 5.75 Å². The highest BCUT2D eigenvalue weighted by molar-refractivity contribution is 7.91. The molecule has 0 aliphatic carbocycles. The molecule has 1 aromatic heterocycles. The number of amides is 1. The van der Waals surface area contributed by atoms with Gasteiger partial charge in [-0.05, 0) is 57.0 Å². The molecule has 7 heteroatoms. The highest BCUT2D eigenvalue weighted by Crippen LogP contribution is 2.23. The van der Waals surface area contributed by atoms with Crippen LogP contribution in [-0.2, 0) is 20.4 Å². The van der Waals surface area contributed by atoms with Gasteiger partial charge in [0.1, 0.15) is 11.5 Å². The Kier molecular flexibility index (Phi) is 5.88. The fraction of sp³-hybridized carbons (Fsp3) is 0.273. The number of oxazole rings is 1. The first kappa shape index (κ1) is 20.8. The summed E-state index contributed by atoms with van der Waals surface area (Å²) in [6.45, 7) is 7.46. The van der Waals surface area contributed by atoms with E-state index < -0.39 is 21.5 Å². The summed E-state index contributed by atoms with van der Waals surface area (Å²) in [5.41, 5.74) is 4.75. The van der Waals surface area contributed by atoms with E-state index in [0.29, 0.717) is 23.0 Å². The van der Waals surface area contributed by atoms with Crippen LogP contribution in [-0.4, -0.2) is 25.1 Å². The average Bonchev–Trinajstić information content (AvgIpc) is 2.99. The molecular formula is C22H24N2O4S. The maximum Gasteiger partial charge on any atom is 0.239 e. The van der Waals surface area contributed by atoms with Gasteiger partial charge in [0.15, 0.2) is 9.84 Å². The van der Waals surface area contributed by atoms with Crippen molar-refractivity contribution in [3.05, 3.63) is 70.6 Å². The Morgan fingerprint density at radius 3 is 2.41 bits per heavy atom. The van der Waals surface area contributed by atoms with Crippen LogP contribution in [0.5, 0.6) is 0 Å². The third-order valence-corrected chi connectivity index (χ3v) is 6.19. The van der Waals surface area contributed by atoms with Gasteiger partial charge in [-0.15, -0.1) is 0 Å². The molecule has 0 unspecified atom stereocenters. The average molecular weight is 413 g/mol. The molecule has 3 aromatic rings. The number of carbonyl (C=O) groups is 1. The number of nitrogens with one attached hydrogen (secondary N) is 1. The number of hydrogen-bond acceptors (Lipinski definition) is 5. The van der Waals surface area contributed by atoms with Crippen LogP contribution in [0.25, 0.3) is 11.5 Å². The quantitative estimate of drug-likeness (QED) is 0.658. The van der Waals surface area contributed by atoms with Crippen LogP contribution in [0.4, 0.5) is 5.69 Å². The molecule has 0 aliphatic rings. The lowest BCUT2D eigenvalue weighted by Gasteiger charge is -2.10. The topological polar surface area (TPSA) is 89.3 Å². The van der Waals surface area contributed by atoms with Crippen molar-refractivity contribution >= 4 is 21.4 Å². The Bertz CT molecular complexity index is 1150. The van der Waals surface area contributed by atoms with Crippen molar-refractivity contribution in [3.63, 3.8) is 0 Å². The number of carbonyl (C=O) groups excluding carboxylic acids is 1. The summed E-state index contributed by atoms with van der Waals surface area (Å²) in [5, 5.41) is 2.68. The van der Waals surface area contributed by atoms with Crippen molar-refractivity contribution in [2.24, 2.45) is 0 Å². The first-order valence-corrected chi connectivity index (χ1v) is 11.1. The minimum atomic E-state index is -3.71. The standard InChI is InChI=1S/C22H24N2O4S/c1-14-8-10-18(11-9-14)22-24-20(17(4)28-22)12-29(26,27)13-21(25)23-19-7-5-6-15(2)16(19)3/h5-11H,12-13H2,1-4H3,(H,23,25). The number of anilines is 1. The molecule has 0 saturated carbocycles. The minimum absolute atomic E-state index is 0.320. The normalized spacial score (nSPS) is 11.4. The van der Waals surface area contributed by atoms with E-state index in [1.165, 1.54) is 0 Å². The smallest absolute Gasteiger partial charge is 0.239 e. The van der Waals surface area contributed by atoms with Crippen LogP contribution in [0.15, 0.2) is 46.9 Å². The lowest BCUT2D eigenvalue weighted by Crippen LogP contribution is -2.24. The summed E-state index contributed by atoms with van der Waals surface area (Å²) in [6, 6.07) is 13.1. The zero-order chi connectivity index (χ0) is 21.2. The summed E-state index contributed by atoms with van der Waals surface area (Å²) in [4.78, 5) is 16.6. The van der Waals surface area contributed by atoms with Gasteiger partial charge in [-0.2, -0.15) is 0 Å². The number of benzene rings is 2. The predicted octanol–water partition coefficient (Wildman–Crippen LogP) is 4.13. The van der Waals surface area contributed by atoms with Crippen LogP contribution in [0.1, 0.15) is 28.1 Å². The summed E-state index contributed by atoms with van der Waals surface area (Å²) < 4.78 is 30.7. The SMILES string of the molecule is Cc1ccc(-c2nc(CS(=O)(=O)CC(=O)Nc3cccc(C)c3C)c(C)o2)cc1. The first-order valence-electron chi connectivity index (χ1n) is 9.24. The van der Waals surface area contributed by atoms with Crippen LogP contribution >= 0.6 is 0 Å². The van der Waals surface area contributed by atoms with Crippen LogP contribution in [0.2, 0.25) is 0 Å². The number of aryl methyl sites for hydroxylation is 3. The van der Waals surface area contributed by atoms with Crippen molar-refractivity contribution < 1.29 is 17.6 Å².